The van der Waals surface area contributed by atoms with Crippen LogP contribution in [-0.2, 0) is 14.8 Å². The monoisotopic (exact) mass is 363 g/mol. The van der Waals surface area contributed by atoms with Crippen LogP contribution < -0.4 is 5.32 Å². The Morgan fingerprint density at radius 2 is 2.00 bits per heavy atom. The van der Waals surface area contributed by atoms with Gasteiger partial charge in [-0.15, -0.1) is 11.3 Å². The molecule has 6 nitrogen and oxygen atoms in total. The lowest BCUT2D eigenvalue weighted by atomic mass is 10.2. The molecule has 1 N–H and O–H groups in total. The van der Waals surface area contributed by atoms with Gasteiger partial charge in [0.1, 0.15) is 4.21 Å². The normalized spacial score (nSPS) is 23.9. The first kappa shape index (κ1) is 16.2. The van der Waals surface area contributed by atoms with Crippen LogP contribution in [0, 0.1) is 0 Å². The highest BCUT2D eigenvalue weighted by molar-refractivity contribution is 7.91. The Balaban J connectivity index is 1.63. The maximum absolute atomic E-state index is 12.5. The second-order valence-corrected chi connectivity index (χ2v) is 9.32. The van der Waals surface area contributed by atoms with E-state index in [0.717, 1.165) is 30.7 Å². The zero-order chi connectivity index (χ0) is 15.7. The average Bonchev–Trinajstić information content (AvgIpc) is 3.18. The molecule has 2 aliphatic heterocycles. The summed E-state index contributed by atoms with van der Waals surface area (Å²) in [5.74, 6) is 0.0914. The van der Waals surface area contributed by atoms with E-state index in [1.165, 1.54) is 10.4 Å². The summed E-state index contributed by atoms with van der Waals surface area (Å²) in [4.78, 5) is 14.1. The molecule has 9 heteroatoms. The van der Waals surface area contributed by atoms with Crippen LogP contribution >= 0.6 is 22.9 Å². The molecular weight excluding hydrogens is 346 g/mol. The largest absolute Gasteiger partial charge is 0.339 e. The summed E-state index contributed by atoms with van der Waals surface area (Å²) < 4.78 is 27.1. The standard InChI is InChI=1S/C13H18ClN3O3S2/c14-11-3-4-12(21-11)22(19,20)17-8-6-16(7-9-17)13(18)10-2-1-5-15-10/h3-4,10,15H,1-2,5-9H2. The maximum atomic E-state index is 12.5. The molecule has 3 heterocycles. The number of nitrogens with one attached hydrogen (secondary N) is 1. The van der Waals surface area contributed by atoms with E-state index in [0.29, 0.717) is 30.5 Å². The molecule has 0 saturated carbocycles. The molecule has 1 unspecified atom stereocenters. The smallest absolute Gasteiger partial charge is 0.252 e. The van der Waals surface area contributed by atoms with E-state index in [4.69, 9.17) is 11.6 Å². The summed E-state index contributed by atoms with van der Waals surface area (Å²) in [7, 11) is -3.50. The molecule has 0 bridgehead atoms. The minimum absolute atomic E-state index is 0.0914. The van der Waals surface area contributed by atoms with Gasteiger partial charge in [-0.1, -0.05) is 11.6 Å². The number of rotatable bonds is 3. The van der Waals surface area contributed by atoms with Gasteiger partial charge in [-0.2, -0.15) is 4.31 Å². The van der Waals surface area contributed by atoms with E-state index < -0.39 is 10.0 Å². The van der Waals surface area contributed by atoms with Crippen LogP contribution in [0.5, 0.6) is 0 Å². The molecule has 22 heavy (non-hydrogen) atoms. The van der Waals surface area contributed by atoms with Crippen LogP contribution in [0.15, 0.2) is 16.3 Å². The number of carbonyl (C=O) groups is 1. The molecule has 0 aliphatic carbocycles. The lowest BCUT2D eigenvalue weighted by Gasteiger charge is -2.35. The Kier molecular flexibility index (Phi) is 4.75. The van der Waals surface area contributed by atoms with Gasteiger partial charge >= 0.3 is 0 Å². The zero-order valence-electron chi connectivity index (χ0n) is 12.0. The highest BCUT2D eigenvalue weighted by Crippen LogP contribution is 2.28. The molecule has 1 atom stereocenters. The van der Waals surface area contributed by atoms with E-state index in [1.54, 1.807) is 11.0 Å². The molecule has 0 spiro atoms. The average molecular weight is 364 g/mol. The number of nitrogens with zero attached hydrogens (tertiary/aromatic N) is 2. The predicted octanol–water partition coefficient (Wildman–Crippen LogP) is 0.986. The summed E-state index contributed by atoms with van der Waals surface area (Å²) in [6.07, 6.45) is 1.88. The molecule has 1 aromatic heterocycles. The summed E-state index contributed by atoms with van der Waals surface area (Å²) in [6.45, 7) is 2.42. The van der Waals surface area contributed by atoms with Gasteiger partial charge in [0, 0.05) is 26.2 Å². The molecular formula is C13H18ClN3O3S2. The lowest BCUT2D eigenvalue weighted by Crippen LogP contribution is -2.54. The third kappa shape index (κ3) is 3.16. The minimum Gasteiger partial charge on any atom is -0.339 e. The third-order valence-electron chi connectivity index (χ3n) is 4.05. The van der Waals surface area contributed by atoms with Gasteiger partial charge in [0.25, 0.3) is 10.0 Å². The van der Waals surface area contributed by atoms with Gasteiger partial charge in [0.15, 0.2) is 0 Å². The molecule has 3 rings (SSSR count). The molecule has 0 aromatic carbocycles. The fourth-order valence-electron chi connectivity index (χ4n) is 2.83. The fourth-order valence-corrected chi connectivity index (χ4v) is 5.89. The van der Waals surface area contributed by atoms with Crippen LogP contribution in [0.1, 0.15) is 12.8 Å². The van der Waals surface area contributed by atoms with Crippen LogP contribution in [0.4, 0.5) is 0 Å². The van der Waals surface area contributed by atoms with Gasteiger partial charge < -0.3 is 10.2 Å². The highest BCUT2D eigenvalue weighted by atomic mass is 35.5. The van der Waals surface area contributed by atoms with Crippen LogP contribution in [0.2, 0.25) is 4.34 Å². The van der Waals surface area contributed by atoms with Gasteiger partial charge in [0.2, 0.25) is 5.91 Å². The van der Waals surface area contributed by atoms with Crippen molar-refractivity contribution in [2.75, 3.05) is 32.7 Å². The molecule has 2 fully saturated rings. The topological polar surface area (TPSA) is 69.7 Å². The van der Waals surface area contributed by atoms with Crippen molar-refractivity contribution in [2.24, 2.45) is 0 Å². The van der Waals surface area contributed by atoms with E-state index in [2.05, 4.69) is 5.32 Å². The number of carbonyl (C=O) groups excluding carboxylic acids is 1. The molecule has 122 valence electrons. The quantitative estimate of drug-likeness (QED) is 0.869. The molecule has 1 aromatic rings. The number of halogens is 1. The number of thiophene rings is 1. The molecule has 0 radical (unpaired) electrons. The van der Waals surface area contributed by atoms with Gasteiger partial charge in [-0.3, -0.25) is 4.79 Å². The summed E-state index contributed by atoms with van der Waals surface area (Å²) in [5, 5.41) is 3.19. The van der Waals surface area contributed by atoms with Gasteiger partial charge in [-0.25, -0.2) is 8.42 Å². The summed E-state index contributed by atoms with van der Waals surface area (Å²) in [5.41, 5.74) is 0. The number of hydrogen-bond donors (Lipinski definition) is 1. The Hall–Kier alpha value is -0.670. The minimum atomic E-state index is -3.50. The second kappa shape index (κ2) is 6.45. The molecule has 2 saturated heterocycles. The van der Waals surface area contributed by atoms with Crippen molar-refractivity contribution in [1.82, 2.24) is 14.5 Å². The Labute approximate surface area is 139 Å². The number of piperazine rings is 1. The summed E-state index contributed by atoms with van der Waals surface area (Å²) >= 11 is 6.88. The number of amides is 1. The van der Waals surface area contributed by atoms with Crippen molar-refractivity contribution in [3.8, 4) is 0 Å². The van der Waals surface area contributed by atoms with Crippen molar-refractivity contribution in [1.29, 1.82) is 0 Å². The SMILES string of the molecule is O=C(C1CCCN1)N1CCN(S(=O)(=O)c2ccc(Cl)s2)CC1. The predicted molar refractivity (Wildman–Crippen MR) is 85.7 cm³/mol. The van der Waals surface area contributed by atoms with Crippen molar-refractivity contribution < 1.29 is 13.2 Å². The Morgan fingerprint density at radius 1 is 1.27 bits per heavy atom. The second-order valence-electron chi connectivity index (χ2n) is 5.44. The van der Waals surface area contributed by atoms with E-state index in [-0.39, 0.29) is 16.2 Å². The Morgan fingerprint density at radius 3 is 2.55 bits per heavy atom. The van der Waals surface area contributed by atoms with Gasteiger partial charge in [-0.05, 0) is 31.5 Å². The van der Waals surface area contributed by atoms with Crippen LogP contribution in [0.25, 0.3) is 0 Å². The first-order valence-electron chi connectivity index (χ1n) is 7.26. The van der Waals surface area contributed by atoms with Crippen molar-refractivity contribution in [3.05, 3.63) is 16.5 Å². The zero-order valence-corrected chi connectivity index (χ0v) is 14.4. The lowest BCUT2D eigenvalue weighted by molar-refractivity contribution is -0.134. The van der Waals surface area contributed by atoms with Crippen molar-refractivity contribution in [3.63, 3.8) is 0 Å². The number of hydrogen-bond acceptors (Lipinski definition) is 5. The molecule has 2 aliphatic rings. The van der Waals surface area contributed by atoms with Gasteiger partial charge in [0.05, 0.1) is 10.4 Å². The maximum Gasteiger partial charge on any atom is 0.252 e. The van der Waals surface area contributed by atoms with Crippen LogP contribution in [0.3, 0.4) is 0 Å². The highest BCUT2D eigenvalue weighted by Gasteiger charge is 2.33. The third-order valence-corrected chi connectivity index (χ3v) is 7.65. The first-order chi connectivity index (χ1) is 10.5. The first-order valence-corrected chi connectivity index (χ1v) is 9.89. The van der Waals surface area contributed by atoms with E-state index >= 15 is 0 Å². The van der Waals surface area contributed by atoms with E-state index in [1.807, 2.05) is 0 Å². The fraction of sp³-hybridized carbons (Fsp3) is 0.615. The summed E-state index contributed by atoms with van der Waals surface area (Å²) in [6, 6.07) is 3.02. The van der Waals surface area contributed by atoms with Crippen LogP contribution in [-0.4, -0.2) is 62.3 Å². The van der Waals surface area contributed by atoms with Crippen molar-refractivity contribution >= 4 is 38.9 Å². The van der Waals surface area contributed by atoms with Crippen molar-refractivity contribution in [2.45, 2.75) is 23.1 Å². The van der Waals surface area contributed by atoms with E-state index in [9.17, 15) is 13.2 Å². The number of sulfonamides is 1. The Bertz CT molecular complexity index is 647. The molecule has 1 amide bonds.